The molecule has 1 aliphatic carbocycles. The summed E-state index contributed by atoms with van der Waals surface area (Å²) in [5.41, 5.74) is 6.09. The van der Waals surface area contributed by atoms with E-state index in [0.717, 1.165) is 23.9 Å². The summed E-state index contributed by atoms with van der Waals surface area (Å²) >= 11 is 0. The highest BCUT2D eigenvalue weighted by molar-refractivity contribution is 5.46. The third-order valence-electron chi connectivity index (χ3n) is 4.21. The van der Waals surface area contributed by atoms with Gasteiger partial charge < -0.3 is 10.3 Å². The van der Waals surface area contributed by atoms with E-state index in [-0.39, 0.29) is 11.4 Å². The molecule has 1 aliphatic rings. The monoisotopic (exact) mass is 327 g/mol. The summed E-state index contributed by atoms with van der Waals surface area (Å²) in [7, 11) is 0. The molecule has 0 amide bonds. The Morgan fingerprint density at radius 1 is 1.17 bits per heavy atom. The van der Waals surface area contributed by atoms with Crippen molar-refractivity contribution in [3.63, 3.8) is 0 Å². The van der Waals surface area contributed by atoms with Crippen molar-refractivity contribution < 1.29 is 8.91 Å². The molecule has 1 aromatic carbocycles. The topological polar surface area (TPSA) is 99.8 Å². The van der Waals surface area contributed by atoms with Crippen LogP contribution >= 0.6 is 0 Å². The fourth-order valence-corrected chi connectivity index (χ4v) is 2.60. The van der Waals surface area contributed by atoms with Gasteiger partial charge >= 0.3 is 0 Å². The number of rotatable bonds is 3. The maximum atomic E-state index is 13.0. The minimum Gasteiger partial charge on any atom is -0.332 e. The number of aromatic nitrogens is 4. The van der Waals surface area contributed by atoms with Gasteiger partial charge in [0.25, 0.3) is 11.4 Å². The molecule has 1 saturated carbocycles. The van der Waals surface area contributed by atoms with Gasteiger partial charge in [-0.2, -0.15) is 14.8 Å². The Kier molecular flexibility index (Phi) is 3.27. The predicted octanol–water partition coefficient (Wildman–Crippen LogP) is 1.76. The van der Waals surface area contributed by atoms with Crippen molar-refractivity contribution in [1.29, 1.82) is 0 Å². The van der Waals surface area contributed by atoms with E-state index in [0.29, 0.717) is 17.2 Å². The number of hydrogen-bond acceptors (Lipinski definition) is 6. The molecule has 0 bridgehead atoms. The zero-order valence-corrected chi connectivity index (χ0v) is 12.6. The quantitative estimate of drug-likeness (QED) is 0.787. The van der Waals surface area contributed by atoms with Gasteiger partial charge in [-0.05, 0) is 49.6 Å². The van der Waals surface area contributed by atoms with Gasteiger partial charge in [0.05, 0.1) is 11.2 Å². The minimum absolute atomic E-state index is 0.192. The summed E-state index contributed by atoms with van der Waals surface area (Å²) in [5.74, 6) is 0.251. The van der Waals surface area contributed by atoms with Crippen molar-refractivity contribution in [2.45, 2.75) is 24.8 Å². The van der Waals surface area contributed by atoms with Crippen LogP contribution in [0.25, 0.3) is 17.3 Å². The lowest BCUT2D eigenvalue weighted by Crippen LogP contribution is -2.44. The van der Waals surface area contributed by atoms with Crippen LogP contribution < -0.4 is 11.3 Å². The summed E-state index contributed by atoms with van der Waals surface area (Å²) in [4.78, 5) is 16.3. The molecule has 0 spiro atoms. The number of hydrogen-bond donors (Lipinski definition) is 1. The van der Waals surface area contributed by atoms with E-state index in [2.05, 4.69) is 15.2 Å². The van der Waals surface area contributed by atoms with Gasteiger partial charge in [-0.25, -0.2) is 4.39 Å². The molecule has 4 rings (SSSR count). The van der Waals surface area contributed by atoms with Crippen molar-refractivity contribution in [2.24, 2.45) is 5.73 Å². The summed E-state index contributed by atoms with van der Waals surface area (Å²) in [6.45, 7) is 0. The molecule has 24 heavy (non-hydrogen) atoms. The Balaban J connectivity index is 1.73. The number of halogens is 1. The first kappa shape index (κ1) is 14.7. The highest BCUT2D eigenvalue weighted by Crippen LogP contribution is 2.37. The Hall–Kier alpha value is -2.87. The third-order valence-corrected chi connectivity index (χ3v) is 4.21. The second-order valence-electron chi connectivity index (χ2n) is 5.88. The molecule has 2 heterocycles. The van der Waals surface area contributed by atoms with Crippen molar-refractivity contribution in [1.82, 2.24) is 19.9 Å². The maximum Gasteiger partial charge on any atom is 0.278 e. The molecule has 122 valence electrons. The Labute approximate surface area is 135 Å². The van der Waals surface area contributed by atoms with Crippen molar-refractivity contribution in [3.05, 3.63) is 58.4 Å². The Bertz CT molecular complexity index is 944. The van der Waals surface area contributed by atoms with Crippen LogP contribution in [-0.2, 0) is 5.54 Å². The van der Waals surface area contributed by atoms with E-state index in [1.54, 1.807) is 0 Å². The van der Waals surface area contributed by atoms with Crippen LogP contribution in [0.3, 0.4) is 0 Å². The van der Waals surface area contributed by atoms with Crippen LogP contribution in [0, 0.1) is 5.82 Å². The standard InChI is InChI=1S/C16H14FN5O2/c17-10-2-4-11(5-3-10)22-13(23)7-6-12(20-22)14-19-15(21-24-14)16(18)8-1-9-16/h2-7H,1,8-9,18H2. The van der Waals surface area contributed by atoms with Crippen molar-refractivity contribution >= 4 is 0 Å². The smallest absolute Gasteiger partial charge is 0.278 e. The van der Waals surface area contributed by atoms with Crippen LogP contribution in [0.4, 0.5) is 4.39 Å². The number of nitrogens with zero attached hydrogens (tertiary/aromatic N) is 4. The third kappa shape index (κ3) is 2.41. The van der Waals surface area contributed by atoms with Crippen LogP contribution in [0.5, 0.6) is 0 Å². The molecule has 0 aliphatic heterocycles. The van der Waals surface area contributed by atoms with Crippen molar-refractivity contribution in [3.8, 4) is 17.3 Å². The first-order valence-electron chi connectivity index (χ1n) is 7.55. The Morgan fingerprint density at radius 3 is 2.58 bits per heavy atom. The average Bonchev–Trinajstić information content (AvgIpc) is 3.04. The normalized spacial score (nSPS) is 15.9. The lowest BCUT2D eigenvalue weighted by Gasteiger charge is -2.34. The Morgan fingerprint density at radius 2 is 1.92 bits per heavy atom. The second kappa shape index (κ2) is 5.34. The molecular weight excluding hydrogens is 313 g/mol. The van der Waals surface area contributed by atoms with E-state index >= 15 is 0 Å². The molecule has 3 aromatic rings. The van der Waals surface area contributed by atoms with Gasteiger partial charge in [0, 0.05) is 6.07 Å². The SMILES string of the molecule is NC1(c2noc(-c3ccc(=O)n(-c4ccc(F)cc4)n3)n2)CCC1. The fourth-order valence-electron chi connectivity index (χ4n) is 2.60. The molecule has 0 atom stereocenters. The largest absolute Gasteiger partial charge is 0.332 e. The van der Waals surface area contributed by atoms with Gasteiger partial charge in [0.15, 0.2) is 5.82 Å². The van der Waals surface area contributed by atoms with Crippen LogP contribution in [0.2, 0.25) is 0 Å². The van der Waals surface area contributed by atoms with Gasteiger partial charge in [-0.15, -0.1) is 0 Å². The first-order valence-corrected chi connectivity index (χ1v) is 7.55. The number of benzene rings is 1. The van der Waals surface area contributed by atoms with Crippen LogP contribution in [-0.4, -0.2) is 19.9 Å². The molecule has 0 saturated heterocycles. The molecule has 0 radical (unpaired) electrons. The fraction of sp³-hybridized carbons (Fsp3) is 0.250. The van der Waals surface area contributed by atoms with Gasteiger partial charge in [-0.1, -0.05) is 5.16 Å². The zero-order chi connectivity index (χ0) is 16.7. The average molecular weight is 327 g/mol. The molecular formula is C16H14FN5O2. The highest BCUT2D eigenvalue weighted by atomic mass is 19.1. The van der Waals surface area contributed by atoms with Gasteiger partial charge in [0.2, 0.25) is 0 Å². The second-order valence-corrected chi connectivity index (χ2v) is 5.88. The molecule has 2 aromatic heterocycles. The van der Waals surface area contributed by atoms with E-state index in [1.165, 1.54) is 36.4 Å². The first-order chi connectivity index (χ1) is 11.5. The van der Waals surface area contributed by atoms with Crippen molar-refractivity contribution in [2.75, 3.05) is 0 Å². The van der Waals surface area contributed by atoms with E-state index in [4.69, 9.17) is 10.3 Å². The predicted molar refractivity (Wildman–Crippen MR) is 82.8 cm³/mol. The highest BCUT2D eigenvalue weighted by Gasteiger charge is 2.39. The summed E-state index contributed by atoms with van der Waals surface area (Å²) in [6, 6.07) is 8.30. The van der Waals surface area contributed by atoms with E-state index < -0.39 is 11.4 Å². The maximum absolute atomic E-state index is 13.0. The van der Waals surface area contributed by atoms with Crippen LogP contribution in [0.15, 0.2) is 45.7 Å². The van der Waals surface area contributed by atoms with Gasteiger partial charge in [0.1, 0.15) is 11.5 Å². The minimum atomic E-state index is -0.535. The van der Waals surface area contributed by atoms with E-state index in [9.17, 15) is 9.18 Å². The lowest BCUT2D eigenvalue weighted by molar-refractivity contribution is 0.229. The zero-order valence-electron chi connectivity index (χ0n) is 12.6. The summed E-state index contributed by atoms with van der Waals surface area (Å²) in [6.07, 6.45) is 2.66. The van der Waals surface area contributed by atoms with Crippen LogP contribution in [0.1, 0.15) is 25.1 Å². The number of nitrogens with two attached hydrogens (primary N) is 1. The molecule has 2 N–H and O–H groups in total. The lowest BCUT2D eigenvalue weighted by atomic mass is 9.77. The molecule has 1 fully saturated rings. The van der Waals surface area contributed by atoms with Gasteiger partial charge in [-0.3, -0.25) is 4.79 Å². The van der Waals surface area contributed by atoms with E-state index in [1.807, 2.05) is 0 Å². The molecule has 8 heteroatoms. The molecule has 0 unspecified atom stereocenters. The summed E-state index contributed by atoms with van der Waals surface area (Å²) < 4.78 is 19.4. The molecule has 7 nitrogen and oxygen atoms in total. The summed E-state index contributed by atoms with van der Waals surface area (Å²) in [5, 5.41) is 8.16.